The number of alkyl halides is 3. The van der Waals surface area contributed by atoms with Gasteiger partial charge in [-0.05, 0) is 18.9 Å². The summed E-state index contributed by atoms with van der Waals surface area (Å²) in [6.45, 7) is 0. The monoisotopic (exact) mass is 329 g/mol. The predicted molar refractivity (Wildman–Crippen MR) is 77.9 cm³/mol. The minimum atomic E-state index is -4.42. The number of carbonyl (C=O) groups excluding carboxylic acids is 1. The molecule has 0 saturated carbocycles. The molecule has 126 valence electrons. The van der Waals surface area contributed by atoms with Gasteiger partial charge in [0.05, 0.1) is 18.4 Å². The summed E-state index contributed by atoms with van der Waals surface area (Å²) in [7, 11) is 1.33. The van der Waals surface area contributed by atoms with Gasteiger partial charge in [0, 0.05) is 18.4 Å². The first kappa shape index (κ1) is 17.2. The number of ether oxygens (including phenoxy) is 2. The van der Waals surface area contributed by atoms with E-state index < -0.39 is 11.7 Å². The Morgan fingerprint density at radius 2 is 2.04 bits per heavy atom. The van der Waals surface area contributed by atoms with E-state index in [1.165, 1.54) is 25.5 Å². The molecule has 1 aromatic rings. The average molecular weight is 329 g/mol. The van der Waals surface area contributed by atoms with Crippen molar-refractivity contribution in [1.29, 1.82) is 0 Å². The van der Waals surface area contributed by atoms with E-state index in [1.807, 2.05) is 0 Å². The average Bonchev–Trinajstić information content (AvgIpc) is 2.99. The van der Waals surface area contributed by atoms with Crippen LogP contribution in [0.1, 0.15) is 36.8 Å². The van der Waals surface area contributed by atoms with Gasteiger partial charge >= 0.3 is 12.1 Å². The third-order valence-corrected chi connectivity index (χ3v) is 3.51. The summed E-state index contributed by atoms with van der Waals surface area (Å²) in [6.07, 6.45) is -1.24. The van der Waals surface area contributed by atoms with Gasteiger partial charge in [0.2, 0.25) is 0 Å². The van der Waals surface area contributed by atoms with Crippen LogP contribution in [0.15, 0.2) is 30.5 Å². The molecule has 1 atom stereocenters. The molecule has 0 aromatic heterocycles. The van der Waals surface area contributed by atoms with Crippen molar-refractivity contribution in [3.63, 3.8) is 0 Å². The predicted octanol–water partition coefficient (Wildman–Crippen LogP) is 3.68. The molecule has 0 radical (unpaired) electrons. The Kier molecular flexibility index (Phi) is 5.52. The quantitative estimate of drug-likeness (QED) is 0.639. The molecule has 1 heterocycles. The standard InChI is InChI=1S/C16H18F3NO3/c1-22-15(21)9-5-4-8-14-20-13(10-23-14)11-6-2-3-7-12(11)16(17,18)19/h2-3,6-7,10,14,20H,4-5,8-9H2,1H3. The third kappa shape index (κ3) is 4.64. The lowest BCUT2D eigenvalue weighted by Gasteiger charge is -2.15. The molecule has 1 unspecified atom stereocenters. The normalized spacial score (nSPS) is 17.2. The summed E-state index contributed by atoms with van der Waals surface area (Å²) in [5, 5.41) is 2.94. The van der Waals surface area contributed by atoms with E-state index in [-0.39, 0.29) is 17.8 Å². The maximum Gasteiger partial charge on any atom is 0.417 e. The van der Waals surface area contributed by atoms with Crippen LogP contribution in [0.2, 0.25) is 0 Å². The van der Waals surface area contributed by atoms with E-state index in [9.17, 15) is 18.0 Å². The molecule has 2 rings (SSSR count). The fraction of sp³-hybridized carbons (Fsp3) is 0.438. The Morgan fingerprint density at radius 3 is 2.74 bits per heavy atom. The fourth-order valence-electron chi connectivity index (χ4n) is 2.34. The molecular weight excluding hydrogens is 311 g/mol. The van der Waals surface area contributed by atoms with Crippen LogP contribution in [0.3, 0.4) is 0 Å². The van der Waals surface area contributed by atoms with Gasteiger partial charge in [-0.25, -0.2) is 0 Å². The SMILES string of the molecule is COC(=O)CCCCC1NC(c2ccccc2C(F)(F)F)=CO1. The largest absolute Gasteiger partial charge is 0.476 e. The van der Waals surface area contributed by atoms with E-state index >= 15 is 0 Å². The summed E-state index contributed by atoms with van der Waals surface area (Å²) < 4.78 is 49.0. The van der Waals surface area contributed by atoms with Crippen molar-refractivity contribution in [2.45, 2.75) is 38.1 Å². The Labute approximate surface area is 132 Å². The van der Waals surface area contributed by atoms with Crippen molar-refractivity contribution in [3.05, 3.63) is 41.7 Å². The summed E-state index contributed by atoms with van der Waals surface area (Å²) in [5.41, 5.74) is -0.318. The number of halogens is 3. The molecule has 1 N–H and O–H groups in total. The van der Waals surface area contributed by atoms with Crippen LogP contribution < -0.4 is 5.32 Å². The lowest BCUT2D eigenvalue weighted by molar-refractivity contribution is -0.141. The number of hydrogen-bond donors (Lipinski definition) is 1. The highest BCUT2D eigenvalue weighted by Gasteiger charge is 2.35. The smallest absolute Gasteiger partial charge is 0.417 e. The maximum atomic E-state index is 13.0. The Hall–Kier alpha value is -2.18. The number of nitrogens with one attached hydrogen (secondary N) is 1. The second kappa shape index (κ2) is 7.39. The van der Waals surface area contributed by atoms with Gasteiger partial charge in [0.1, 0.15) is 6.26 Å². The first-order chi connectivity index (χ1) is 10.9. The minimum absolute atomic E-state index is 0.0667. The van der Waals surface area contributed by atoms with Crippen molar-refractivity contribution in [3.8, 4) is 0 Å². The fourth-order valence-corrected chi connectivity index (χ4v) is 2.34. The number of unbranched alkanes of at least 4 members (excludes halogenated alkanes) is 1. The van der Waals surface area contributed by atoms with E-state index in [0.717, 1.165) is 6.07 Å². The minimum Gasteiger partial charge on any atom is -0.476 e. The van der Waals surface area contributed by atoms with Gasteiger partial charge in [0.15, 0.2) is 6.23 Å². The van der Waals surface area contributed by atoms with Crippen molar-refractivity contribution in [1.82, 2.24) is 5.32 Å². The molecule has 0 fully saturated rings. The highest BCUT2D eigenvalue weighted by molar-refractivity contribution is 5.69. The van der Waals surface area contributed by atoms with Crippen LogP contribution in [0.4, 0.5) is 13.2 Å². The van der Waals surface area contributed by atoms with Crippen LogP contribution in [0.5, 0.6) is 0 Å². The molecule has 0 amide bonds. The van der Waals surface area contributed by atoms with Gasteiger partial charge in [-0.2, -0.15) is 13.2 Å². The molecule has 1 aliphatic heterocycles. The first-order valence-electron chi connectivity index (χ1n) is 7.27. The van der Waals surface area contributed by atoms with Crippen molar-refractivity contribution in [2.75, 3.05) is 7.11 Å². The second-order valence-corrected chi connectivity index (χ2v) is 5.17. The zero-order valence-corrected chi connectivity index (χ0v) is 12.7. The Balaban J connectivity index is 1.90. The number of carbonyl (C=O) groups is 1. The number of hydrogen-bond acceptors (Lipinski definition) is 4. The van der Waals surface area contributed by atoms with E-state index in [2.05, 4.69) is 10.1 Å². The van der Waals surface area contributed by atoms with Crippen molar-refractivity contribution in [2.24, 2.45) is 0 Å². The maximum absolute atomic E-state index is 13.0. The zero-order valence-electron chi connectivity index (χ0n) is 12.7. The summed E-state index contributed by atoms with van der Waals surface area (Å²) in [5.74, 6) is -0.275. The van der Waals surface area contributed by atoms with Gasteiger partial charge in [-0.1, -0.05) is 18.2 Å². The van der Waals surface area contributed by atoms with Crippen LogP contribution in [-0.2, 0) is 20.4 Å². The topological polar surface area (TPSA) is 47.6 Å². The van der Waals surface area contributed by atoms with E-state index in [4.69, 9.17) is 4.74 Å². The highest BCUT2D eigenvalue weighted by atomic mass is 19.4. The number of esters is 1. The van der Waals surface area contributed by atoms with Gasteiger partial charge in [-0.3, -0.25) is 4.79 Å². The molecule has 4 nitrogen and oxygen atoms in total. The van der Waals surface area contributed by atoms with Crippen LogP contribution in [0.25, 0.3) is 5.70 Å². The van der Waals surface area contributed by atoms with Gasteiger partial charge in [-0.15, -0.1) is 0 Å². The molecule has 0 aliphatic carbocycles. The van der Waals surface area contributed by atoms with Crippen LogP contribution in [0, 0.1) is 0 Å². The van der Waals surface area contributed by atoms with Crippen LogP contribution in [-0.4, -0.2) is 19.3 Å². The molecule has 1 aromatic carbocycles. The first-order valence-corrected chi connectivity index (χ1v) is 7.27. The molecule has 1 aliphatic rings. The summed E-state index contributed by atoms with van der Waals surface area (Å²) >= 11 is 0. The van der Waals surface area contributed by atoms with Gasteiger partial charge < -0.3 is 14.8 Å². The van der Waals surface area contributed by atoms with Crippen LogP contribution >= 0.6 is 0 Å². The Morgan fingerprint density at radius 1 is 1.30 bits per heavy atom. The highest BCUT2D eigenvalue weighted by Crippen LogP contribution is 2.35. The molecule has 23 heavy (non-hydrogen) atoms. The van der Waals surface area contributed by atoms with Gasteiger partial charge in [0.25, 0.3) is 0 Å². The Bertz CT molecular complexity index is 584. The molecule has 0 bridgehead atoms. The zero-order chi connectivity index (χ0) is 16.9. The van der Waals surface area contributed by atoms with Crippen molar-refractivity contribution < 1.29 is 27.4 Å². The van der Waals surface area contributed by atoms with Crippen molar-refractivity contribution >= 4 is 11.7 Å². The lowest BCUT2D eigenvalue weighted by Crippen LogP contribution is -2.24. The second-order valence-electron chi connectivity index (χ2n) is 5.17. The van der Waals surface area contributed by atoms with E-state index in [0.29, 0.717) is 31.4 Å². The lowest BCUT2D eigenvalue weighted by atomic mass is 10.0. The number of rotatable bonds is 6. The molecule has 7 heteroatoms. The number of methoxy groups -OCH3 is 1. The third-order valence-electron chi connectivity index (χ3n) is 3.51. The summed E-state index contributed by atoms with van der Waals surface area (Å²) in [4.78, 5) is 11.0. The summed E-state index contributed by atoms with van der Waals surface area (Å²) in [6, 6.07) is 5.36. The molecule has 0 saturated heterocycles. The number of benzene rings is 1. The molecule has 0 spiro atoms. The molecular formula is C16H18F3NO3. The van der Waals surface area contributed by atoms with E-state index in [1.54, 1.807) is 6.07 Å².